The summed E-state index contributed by atoms with van der Waals surface area (Å²) < 4.78 is 19.2. The fourth-order valence-corrected chi connectivity index (χ4v) is 3.50. The van der Waals surface area contributed by atoms with Crippen LogP contribution in [0, 0.1) is 6.92 Å². The summed E-state index contributed by atoms with van der Waals surface area (Å²) in [5, 5.41) is 2.80. The molecule has 2 aromatic rings. The van der Waals surface area contributed by atoms with Gasteiger partial charge in [0.25, 0.3) is 5.89 Å². The molecule has 0 saturated carbocycles. The van der Waals surface area contributed by atoms with E-state index in [9.17, 15) is 14.4 Å². The molecule has 0 saturated heterocycles. The minimum absolute atomic E-state index is 0.0975. The Morgan fingerprint density at radius 3 is 2.52 bits per heavy atom. The first-order valence-electron chi connectivity index (χ1n) is 7.40. The second kappa shape index (κ2) is 7.36. The van der Waals surface area contributed by atoms with Gasteiger partial charge in [-0.15, -0.1) is 15.7 Å². The second-order valence-electron chi connectivity index (χ2n) is 5.95. The first-order valence-corrected chi connectivity index (χ1v) is 8.99. The third kappa shape index (κ3) is 4.67. The topological polar surface area (TPSA) is 108 Å². The number of aromatic nitrogens is 1. The number of nitrogens with zero attached hydrogens (tertiary/aromatic N) is 1. The van der Waals surface area contributed by atoms with Gasteiger partial charge in [-0.2, -0.15) is 0 Å². The number of anilines is 1. The molecule has 0 unspecified atom stereocenters. The van der Waals surface area contributed by atoms with Crippen molar-refractivity contribution in [2.45, 2.75) is 40.2 Å². The number of carbonyl (C=O) groups excluding carboxylic acids is 2. The molecular formula is C15H18N2O6S2. The highest BCUT2D eigenvalue weighted by molar-refractivity contribution is 7.20. The Morgan fingerprint density at radius 1 is 1.32 bits per heavy atom. The molecule has 10 heteroatoms. The summed E-state index contributed by atoms with van der Waals surface area (Å²) in [6.45, 7) is 8.72. The van der Waals surface area contributed by atoms with Gasteiger partial charge in [0.2, 0.25) is 0 Å². The van der Waals surface area contributed by atoms with Gasteiger partial charge >= 0.3 is 17.0 Å². The van der Waals surface area contributed by atoms with Crippen LogP contribution in [-0.4, -0.2) is 28.6 Å². The summed E-state index contributed by atoms with van der Waals surface area (Å²) in [6.07, 6.45) is -0.703. The number of thiophene rings is 1. The highest BCUT2D eigenvalue weighted by Crippen LogP contribution is 2.39. The molecule has 25 heavy (non-hydrogen) atoms. The van der Waals surface area contributed by atoms with Crippen molar-refractivity contribution >= 4 is 39.9 Å². The average Bonchev–Trinajstić information content (AvgIpc) is 3.01. The van der Waals surface area contributed by atoms with Crippen LogP contribution in [0.3, 0.4) is 0 Å². The standard InChI is InChI=1S/C15H18N2O6S2/c1-6-21-12(18)8-7(2)9(10-17-25-14(20)22-10)24-11(8)16-13(19)23-15(3,4)5/h6H2,1-5H3,(H,16,19). The largest absolute Gasteiger partial charge is 0.462 e. The van der Waals surface area contributed by atoms with Crippen molar-refractivity contribution in [1.29, 1.82) is 0 Å². The Morgan fingerprint density at radius 2 is 2.00 bits per heavy atom. The summed E-state index contributed by atoms with van der Waals surface area (Å²) in [5.41, 5.74) is -0.00251. The van der Waals surface area contributed by atoms with E-state index in [4.69, 9.17) is 13.9 Å². The van der Waals surface area contributed by atoms with E-state index in [2.05, 4.69) is 9.69 Å². The molecule has 8 nitrogen and oxygen atoms in total. The third-order valence-electron chi connectivity index (χ3n) is 2.82. The number of ether oxygens (including phenoxy) is 2. The van der Waals surface area contributed by atoms with Crippen molar-refractivity contribution in [3.63, 3.8) is 0 Å². The predicted molar refractivity (Wildman–Crippen MR) is 94.5 cm³/mol. The first kappa shape index (κ1) is 19.1. The minimum Gasteiger partial charge on any atom is -0.462 e. The summed E-state index contributed by atoms with van der Waals surface area (Å²) >= 11 is 1.73. The molecule has 0 bridgehead atoms. The normalized spacial score (nSPS) is 11.2. The molecule has 2 rings (SSSR count). The number of amides is 1. The van der Waals surface area contributed by atoms with E-state index in [1.54, 1.807) is 34.6 Å². The monoisotopic (exact) mass is 386 g/mol. The van der Waals surface area contributed by atoms with Gasteiger partial charge in [-0.1, -0.05) is 0 Å². The molecule has 2 aromatic heterocycles. The van der Waals surface area contributed by atoms with Gasteiger partial charge < -0.3 is 13.9 Å². The molecule has 1 amide bonds. The van der Waals surface area contributed by atoms with Crippen LogP contribution >= 0.6 is 22.9 Å². The van der Waals surface area contributed by atoms with Crippen LogP contribution in [0.15, 0.2) is 9.21 Å². The maximum atomic E-state index is 12.3. The molecule has 0 atom stereocenters. The van der Waals surface area contributed by atoms with Crippen LogP contribution in [0.25, 0.3) is 10.8 Å². The molecule has 0 aliphatic heterocycles. The quantitative estimate of drug-likeness (QED) is 0.799. The third-order valence-corrected chi connectivity index (χ3v) is 4.50. The van der Waals surface area contributed by atoms with Crippen LogP contribution in [-0.2, 0) is 9.47 Å². The number of nitrogens with one attached hydrogen (secondary N) is 1. The van der Waals surface area contributed by atoms with E-state index in [1.165, 1.54) is 0 Å². The molecule has 0 fully saturated rings. The van der Waals surface area contributed by atoms with Gasteiger partial charge in [0.1, 0.15) is 10.6 Å². The highest BCUT2D eigenvalue weighted by Gasteiger charge is 2.27. The summed E-state index contributed by atoms with van der Waals surface area (Å²) in [6, 6.07) is 0. The van der Waals surface area contributed by atoms with E-state index < -0.39 is 22.6 Å². The molecule has 0 aliphatic carbocycles. The molecule has 0 spiro atoms. The summed E-state index contributed by atoms with van der Waals surface area (Å²) in [4.78, 5) is 35.5. The van der Waals surface area contributed by atoms with Gasteiger partial charge in [-0.25, -0.2) is 14.4 Å². The van der Waals surface area contributed by atoms with Crippen LogP contribution in [0.1, 0.15) is 43.6 Å². The van der Waals surface area contributed by atoms with Gasteiger partial charge in [-0.05, 0) is 40.2 Å². The first-order chi connectivity index (χ1) is 11.6. The molecular weight excluding hydrogens is 368 g/mol. The number of carbonyl (C=O) groups is 2. The fourth-order valence-electron chi connectivity index (χ4n) is 1.93. The average molecular weight is 386 g/mol. The van der Waals surface area contributed by atoms with Crippen molar-refractivity contribution in [2.24, 2.45) is 0 Å². The van der Waals surface area contributed by atoms with Crippen molar-refractivity contribution < 1.29 is 23.5 Å². The van der Waals surface area contributed by atoms with E-state index in [1.807, 2.05) is 0 Å². The van der Waals surface area contributed by atoms with Gasteiger partial charge in [0.15, 0.2) is 0 Å². The lowest BCUT2D eigenvalue weighted by molar-refractivity contribution is 0.0527. The Kier molecular flexibility index (Phi) is 5.63. The van der Waals surface area contributed by atoms with Crippen molar-refractivity contribution in [3.05, 3.63) is 20.9 Å². The Bertz CT molecular complexity index is 843. The summed E-state index contributed by atoms with van der Waals surface area (Å²) in [7, 11) is 0. The molecule has 0 radical (unpaired) electrons. The summed E-state index contributed by atoms with van der Waals surface area (Å²) in [5.74, 6) is -0.494. The SMILES string of the molecule is CCOC(=O)c1c(NC(=O)OC(C)(C)C)sc(-c2nsc(=O)o2)c1C. The van der Waals surface area contributed by atoms with Crippen molar-refractivity contribution in [2.75, 3.05) is 11.9 Å². The highest BCUT2D eigenvalue weighted by atomic mass is 32.1. The van der Waals surface area contributed by atoms with Gasteiger partial charge in [0, 0.05) is 0 Å². The van der Waals surface area contributed by atoms with Crippen molar-refractivity contribution in [3.8, 4) is 10.8 Å². The zero-order chi connectivity index (χ0) is 18.8. The number of esters is 1. The van der Waals surface area contributed by atoms with Crippen molar-refractivity contribution in [1.82, 2.24) is 4.37 Å². The lowest BCUT2D eigenvalue weighted by Gasteiger charge is -2.19. The van der Waals surface area contributed by atoms with E-state index in [0.717, 1.165) is 11.3 Å². The van der Waals surface area contributed by atoms with E-state index in [-0.39, 0.29) is 23.1 Å². The fraction of sp³-hybridized carbons (Fsp3) is 0.467. The molecule has 0 aromatic carbocycles. The van der Waals surface area contributed by atoms with Crippen LogP contribution in [0.2, 0.25) is 0 Å². The number of hydrogen-bond acceptors (Lipinski definition) is 9. The molecule has 2 heterocycles. The molecule has 1 N–H and O–H groups in total. The van der Waals surface area contributed by atoms with E-state index in [0.29, 0.717) is 22.0 Å². The van der Waals surface area contributed by atoms with Gasteiger partial charge in [-0.3, -0.25) is 5.32 Å². The zero-order valence-electron chi connectivity index (χ0n) is 14.4. The Labute approximate surface area is 151 Å². The lowest BCUT2D eigenvalue weighted by Crippen LogP contribution is -2.27. The number of hydrogen-bond donors (Lipinski definition) is 1. The number of rotatable bonds is 4. The second-order valence-corrected chi connectivity index (χ2v) is 7.67. The smallest absolute Gasteiger partial charge is 0.414 e. The van der Waals surface area contributed by atoms with Crippen LogP contribution < -0.4 is 10.3 Å². The molecule has 136 valence electrons. The Balaban J connectivity index is 2.44. The molecule has 0 aliphatic rings. The van der Waals surface area contributed by atoms with Crippen LogP contribution in [0.5, 0.6) is 0 Å². The van der Waals surface area contributed by atoms with E-state index >= 15 is 0 Å². The van der Waals surface area contributed by atoms with Crippen LogP contribution in [0.4, 0.5) is 9.80 Å². The van der Waals surface area contributed by atoms with Gasteiger partial charge in [0.05, 0.1) is 28.6 Å². The zero-order valence-corrected chi connectivity index (χ0v) is 16.1. The minimum atomic E-state index is -0.703. The maximum absolute atomic E-state index is 12.3. The predicted octanol–water partition coefficient (Wildman–Crippen LogP) is 3.66. The lowest BCUT2D eigenvalue weighted by atomic mass is 10.1. The Hall–Kier alpha value is -2.20. The maximum Gasteiger partial charge on any atom is 0.414 e.